The van der Waals surface area contributed by atoms with E-state index in [1.54, 1.807) is 35.6 Å². The molecule has 2 heterocycles. The summed E-state index contributed by atoms with van der Waals surface area (Å²) < 4.78 is 0. The zero-order valence-corrected chi connectivity index (χ0v) is 19.5. The topological polar surface area (TPSA) is 52.7 Å². The molecule has 0 aliphatic carbocycles. The van der Waals surface area contributed by atoms with Crippen LogP contribution < -0.4 is 5.32 Å². The van der Waals surface area contributed by atoms with Crippen LogP contribution in [0, 0.1) is 6.92 Å². The molecular weight excluding hydrogens is 442 g/mol. The second-order valence-electron chi connectivity index (χ2n) is 8.01. The molecule has 2 amide bonds. The summed E-state index contributed by atoms with van der Waals surface area (Å²) >= 11 is 7.65. The van der Waals surface area contributed by atoms with E-state index < -0.39 is 0 Å². The molecule has 166 valence electrons. The lowest BCUT2D eigenvalue weighted by molar-refractivity contribution is -0.123. The monoisotopic (exact) mass is 467 g/mol. The molecule has 1 fully saturated rings. The van der Waals surface area contributed by atoms with Crippen LogP contribution in [0.5, 0.6) is 0 Å². The molecular formula is C25H26ClN3O2S. The molecule has 0 spiro atoms. The lowest BCUT2D eigenvalue weighted by Crippen LogP contribution is -2.51. The third kappa shape index (κ3) is 5.57. The molecule has 2 aromatic carbocycles. The molecule has 1 N–H and O–H groups in total. The predicted molar refractivity (Wildman–Crippen MR) is 129 cm³/mol. The number of piperazine rings is 1. The van der Waals surface area contributed by atoms with Crippen molar-refractivity contribution in [1.82, 2.24) is 15.1 Å². The smallest absolute Gasteiger partial charge is 0.253 e. The Balaban J connectivity index is 1.34. The normalized spacial score (nSPS) is 15.4. The van der Waals surface area contributed by atoms with Gasteiger partial charge >= 0.3 is 0 Å². The van der Waals surface area contributed by atoms with Crippen molar-refractivity contribution in [2.75, 3.05) is 32.7 Å². The number of thiophene rings is 1. The van der Waals surface area contributed by atoms with Crippen molar-refractivity contribution in [2.24, 2.45) is 0 Å². The lowest BCUT2D eigenvalue weighted by Gasteiger charge is -2.34. The number of hydrogen-bond acceptors (Lipinski definition) is 4. The minimum atomic E-state index is -0.159. The molecule has 32 heavy (non-hydrogen) atoms. The van der Waals surface area contributed by atoms with Crippen molar-refractivity contribution in [1.29, 1.82) is 0 Å². The number of halogens is 1. The minimum Gasteiger partial charge on any atom is -0.343 e. The van der Waals surface area contributed by atoms with Gasteiger partial charge in [-0.15, -0.1) is 11.3 Å². The Morgan fingerprint density at radius 3 is 2.44 bits per heavy atom. The van der Waals surface area contributed by atoms with Gasteiger partial charge in [0.05, 0.1) is 12.6 Å². The number of carbonyl (C=O) groups excluding carboxylic acids is 2. The molecule has 1 atom stereocenters. The fourth-order valence-corrected chi connectivity index (χ4v) is 4.85. The summed E-state index contributed by atoms with van der Waals surface area (Å²) in [5.74, 6) is -0.0349. The van der Waals surface area contributed by atoms with Crippen LogP contribution in [0.15, 0.2) is 66.0 Å². The minimum absolute atomic E-state index is 0.0152. The van der Waals surface area contributed by atoms with Crippen molar-refractivity contribution in [2.45, 2.75) is 13.0 Å². The molecule has 3 aromatic rings. The van der Waals surface area contributed by atoms with Crippen LogP contribution in [0.4, 0.5) is 0 Å². The van der Waals surface area contributed by atoms with Gasteiger partial charge in [-0.2, -0.15) is 0 Å². The number of nitrogens with zero attached hydrogens (tertiary/aromatic N) is 2. The van der Waals surface area contributed by atoms with Gasteiger partial charge < -0.3 is 10.2 Å². The molecule has 1 saturated heterocycles. The van der Waals surface area contributed by atoms with E-state index in [0.29, 0.717) is 43.3 Å². The standard InChI is InChI=1S/C25H26ClN3O2S/c1-18-7-9-19(10-8-18)24(22-6-3-15-32-22)27-23(30)17-28-11-13-29(14-12-28)25(31)20-4-2-5-21(26)16-20/h2-10,15-16,24H,11-14,17H2,1H3,(H,27,30). The number of benzene rings is 2. The highest BCUT2D eigenvalue weighted by molar-refractivity contribution is 7.10. The molecule has 7 heteroatoms. The highest BCUT2D eigenvalue weighted by atomic mass is 35.5. The maximum Gasteiger partial charge on any atom is 0.253 e. The summed E-state index contributed by atoms with van der Waals surface area (Å²) in [6.07, 6.45) is 0. The van der Waals surface area contributed by atoms with Crippen LogP contribution in [0.3, 0.4) is 0 Å². The van der Waals surface area contributed by atoms with Gasteiger partial charge in [0.1, 0.15) is 0 Å². The van der Waals surface area contributed by atoms with E-state index in [9.17, 15) is 9.59 Å². The number of nitrogens with one attached hydrogen (secondary N) is 1. The van der Waals surface area contributed by atoms with Gasteiger partial charge in [-0.1, -0.05) is 53.6 Å². The number of aryl methyl sites for hydroxylation is 1. The maximum absolute atomic E-state index is 12.9. The quantitative estimate of drug-likeness (QED) is 0.585. The Labute approximate surface area is 197 Å². The first-order valence-corrected chi connectivity index (χ1v) is 11.9. The lowest BCUT2D eigenvalue weighted by atomic mass is 10.0. The Morgan fingerprint density at radius 1 is 1.03 bits per heavy atom. The fraction of sp³-hybridized carbons (Fsp3) is 0.280. The molecule has 1 aliphatic rings. The third-order valence-electron chi connectivity index (χ3n) is 5.64. The highest BCUT2D eigenvalue weighted by Gasteiger charge is 2.25. The van der Waals surface area contributed by atoms with Crippen LogP contribution in [-0.4, -0.2) is 54.3 Å². The van der Waals surface area contributed by atoms with Gasteiger partial charge in [0.2, 0.25) is 5.91 Å². The number of rotatable bonds is 6. The van der Waals surface area contributed by atoms with Crippen LogP contribution in [0.1, 0.15) is 32.4 Å². The third-order valence-corrected chi connectivity index (χ3v) is 6.81. The summed E-state index contributed by atoms with van der Waals surface area (Å²) in [6, 6.07) is 19.2. The molecule has 0 radical (unpaired) electrons. The first-order valence-electron chi connectivity index (χ1n) is 10.7. The average molecular weight is 468 g/mol. The summed E-state index contributed by atoms with van der Waals surface area (Å²) in [6.45, 7) is 4.87. The zero-order valence-electron chi connectivity index (χ0n) is 18.0. The van der Waals surface area contributed by atoms with Gasteiger partial charge in [0, 0.05) is 41.6 Å². The van der Waals surface area contributed by atoms with E-state index >= 15 is 0 Å². The van der Waals surface area contributed by atoms with Crippen molar-refractivity contribution in [3.63, 3.8) is 0 Å². The first-order chi connectivity index (χ1) is 15.5. The van der Waals surface area contributed by atoms with Crippen LogP contribution in [0.25, 0.3) is 0 Å². The second-order valence-corrected chi connectivity index (χ2v) is 9.42. The Morgan fingerprint density at radius 2 is 1.78 bits per heavy atom. The highest BCUT2D eigenvalue weighted by Crippen LogP contribution is 2.26. The van der Waals surface area contributed by atoms with Crippen LogP contribution in [-0.2, 0) is 4.79 Å². The van der Waals surface area contributed by atoms with E-state index in [-0.39, 0.29) is 17.9 Å². The molecule has 0 bridgehead atoms. The molecule has 1 aromatic heterocycles. The summed E-state index contributed by atoms with van der Waals surface area (Å²) in [4.78, 5) is 30.6. The first kappa shape index (κ1) is 22.5. The van der Waals surface area contributed by atoms with E-state index in [2.05, 4.69) is 47.5 Å². The van der Waals surface area contributed by atoms with Gasteiger partial charge in [-0.05, 0) is 42.1 Å². The molecule has 0 saturated carbocycles. The Kier molecular flexibility index (Phi) is 7.25. The van der Waals surface area contributed by atoms with Crippen LogP contribution >= 0.6 is 22.9 Å². The molecule has 1 unspecified atom stereocenters. The Hall–Kier alpha value is -2.67. The zero-order chi connectivity index (χ0) is 22.5. The summed E-state index contributed by atoms with van der Waals surface area (Å²) in [5, 5.41) is 5.79. The second kappa shape index (κ2) is 10.3. The maximum atomic E-state index is 12.9. The van der Waals surface area contributed by atoms with Crippen molar-refractivity contribution in [3.05, 3.63) is 92.6 Å². The van der Waals surface area contributed by atoms with Crippen molar-refractivity contribution < 1.29 is 9.59 Å². The van der Waals surface area contributed by atoms with Crippen LogP contribution in [0.2, 0.25) is 5.02 Å². The number of carbonyl (C=O) groups is 2. The van der Waals surface area contributed by atoms with Gasteiger partial charge in [0.25, 0.3) is 5.91 Å². The summed E-state index contributed by atoms with van der Waals surface area (Å²) in [7, 11) is 0. The van der Waals surface area contributed by atoms with Gasteiger partial charge in [-0.3, -0.25) is 14.5 Å². The van der Waals surface area contributed by atoms with E-state index in [1.165, 1.54) is 5.56 Å². The number of amides is 2. The van der Waals surface area contributed by atoms with Gasteiger partial charge in [0.15, 0.2) is 0 Å². The van der Waals surface area contributed by atoms with Crippen molar-refractivity contribution in [3.8, 4) is 0 Å². The summed E-state index contributed by atoms with van der Waals surface area (Å²) in [5.41, 5.74) is 2.86. The predicted octanol–water partition coefficient (Wildman–Crippen LogP) is 4.37. The average Bonchev–Trinajstić information content (AvgIpc) is 3.33. The number of hydrogen-bond donors (Lipinski definition) is 1. The molecule has 4 rings (SSSR count). The molecule has 1 aliphatic heterocycles. The largest absolute Gasteiger partial charge is 0.343 e. The molecule has 5 nitrogen and oxygen atoms in total. The van der Waals surface area contributed by atoms with E-state index in [0.717, 1.165) is 10.4 Å². The fourth-order valence-electron chi connectivity index (χ4n) is 3.86. The van der Waals surface area contributed by atoms with Gasteiger partial charge in [-0.25, -0.2) is 0 Å². The van der Waals surface area contributed by atoms with E-state index in [1.807, 2.05) is 16.3 Å². The SMILES string of the molecule is Cc1ccc(C(NC(=O)CN2CCN(C(=O)c3cccc(Cl)c3)CC2)c2cccs2)cc1. The van der Waals surface area contributed by atoms with E-state index in [4.69, 9.17) is 11.6 Å². The Bertz CT molecular complexity index is 1060. The van der Waals surface area contributed by atoms with Crippen molar-refractivity contribution >= 4 is 34.8 Å².